The fourth-order valence-electron chi connectivity index (χ4n) is 3.62. The Balaban J connectivity index is 1.15. The standard InChI is InChI=1S/C30H22BrFN4O2S/c31-25-16-20(10-15-28(25)38-18-23-6-4-5-9-26(23)32)17-33-36-29(37)22-13-11-21(12-14-22)27-19-39-30(35-27)34-24-7-2-1-3-8-24/h1-17,19H,18H2,(H,34,35)(H,36,37)/b33-17-. The number of amides is 1. The van der Waals surface area contributed by atoms with Crippen molar-refractivity contribution in [2.24, 2.45) is 5.10 Å². The number of thiazole rings is 1. The molecule has 5 aromatic rings. The van der Waals surface area contributed by atoms with Crippen LogP contribution in [0.4, 0.5) is 15.2 Å². The molecule has 0 aliphatic carbocycles. The number of aromatic nitrogens is 1. The lowest BCUT2D eigenvalue weighted by Crippen LogP contribution is -2.17. The third-order valence-electron chi connectivity index (χ3n) is 5.65. The van der Waals surface area contributed by atoms with E-state index in [2.05, 4.69) is 36.8 Å². The lowest BCUT2D eigenvalue weighted by Gasteiger charge is -2.09. The van der Waals surface area contributed by atoms with Gasteiger partial charge < -0.3 is 10.1 Å². The zero-order chi connectivity index (χ0) is 27.0. The predicted octanol–water partition coefficient (Wildman–Crippen LogP) is 7.80. The van der Waals surface area contributed by atoms with Crippen molar-refractivity contribution in [2.75, 3.05) is 5.32 Å². The molecule has 4 aromatic carbocycles. The van der Waals surface area contributed by atoms with Crippen molar-refractivity contribution < 1.29 is 13.9 Å². The highest BCUT2D eigenvalue weighted by molar-refractivity contribution is 9.10. The van der Waals surface area contributed by atoms with E-state index in [1.54, 1.807) is 48.5 Å². The van der Waals surface area contributed by atoms with Crippen LogP contribution in [-0.2, 0) is 6.61 Å². The van der Waals surface area contributed by atoms with Gasteiger partial charge in [0, 0.05) is 27.8 Å². The Kier molecular flexibility index (Phi) is 8.40. The molecule has 1 heterocycles. The Morgan fingerprint density at radius 2 is 1.77 bits per heavy atom. The molecular weight excluding hydrogens is 579 g/mol. The van der Waals surface area contributed by atoms with Gasteiger partial charge in [-0.1, -0.05) is 48.5 Å². The Labute approximate surface area is 237 Å². The molecule has 0 aliphatic heterocycles. The fraction of sp³-hybridized carbons (Fsp3) is 0.0333. The van der Waals surface area contributed by atoms with Gasteiger partial charge in [0.15, 0.2) is 5.13 Å². The minimum absolute atomic E-state index is 0.113. The number of carbonyl (C=O) groups excluding carboxylic acids is 1. The SMILES string of the molecule is O=C(N/N=C\c1ccc(OCc2ccccc2F)c(Br)c1)c1ccc(-c2csc(Nc3ccccc3)n2)cc1. The molecule has 1 amide bonds. The van der Waals surface area contributed by atoms with E-state index in [9.17, 15) is 9.18 Å². The van der Waals surface area contributed by atoms with Gasteiger partial charge in [-0.15, -0.1) is 11.3 Å². The molecule has 0 fully saturated rings. The average Bonchev–Trinajstić information content (AvgIpc) is 3.42. The van der Waals surface area contributed by atoms with E-state index in [1.807, 2.05) is 47.8 Å². The van der Waals surface area contributed by atoms with Crippen molar-refractivity contribution in [3.05, 3.63) is 129 Å². The lowest BCUT2D eigenvalue weighted by molar-refractivity contribution is 0.0955. The second kappa shape index (κ2) is 12.5. The van der Waals surface area contributed by atoms with E-state index in [4.69, 9.17) is 4.74 Å². The van der Waals surface area contributed by atoms with Crippen LogP contribution in [0.25, 0.3) is 11.3 Å². The summed E-state index contributed by atoms with van der Waals surface area (Å²) in [6.45, 7) is 0.113. The summed E-state index contributed by atoms with van der Waals surface area (Å²) in [4.78, 5) is 17.2. The Morgan fingerprint density at radius 3 is 2.54 bits per heavy atom. The highest BCUT2D eigenvalue weighted by atomic mass is 79.9. The average molecular weight is 602 g/mol. The maximum atomic E-state index is 13.8. The number of anilines is 2. The van der Waals surface area contributed by atoms with Crippen molar-refractivity contribution >= 4 is 50.2 Å². The molecule has 5 rings (SSSR count). The molecule has 0 bridgehead atoms. The van der Waals surface area contributed by atoms with Crippen LogP contribution in [0.1, 0.15) is 21.5 Å². The van der Waals surface area contributed by atoms with Gasteiger partial charge in [0.2, 0.25) is 0 Å². The molecule has 6 nitrogen and oxygen atoms in total. The van der Waals surface area contributed by atoms with Crippen molar-refractivity contribution in [1.82, 2.24) is 10.4 Å². The minimum Gasteiger partial charge on any atom is -0.488 e. The number of hydrazone groups is 1. The number of hydrogen-bond donors (Lipinski definition) is 2. The third-order valence-corrected chi connectivity index (χ3v) is 7.03. The van der Waals surface area contributed by atoms with Gasteiger partial charge >= 0.3 is 0 Å². The number of benzene rings is 4. The minimum atomic E-state index is -0.327. The zero-order valence-corrected chi connectivity index (χ0v) is 22.9. The number of rotatable bonds is 9. The summed E-state index contributed by atoms with van der Waals surface area (Å²) < 4.78 is 20.2. The van der Waals surface area contributed by atoms with Gasteiger partial charge in [-0.25, -0.2) is 14.8 Å². The highest BCUT2D eigenvalue weighted by Gasteiger charge is 2.09. The molecule has 194 valence electrons. The molecule has 0 atom stereocenters. The summed E-state index contributed by atoms with van der Waals surface area (Å²) in [6, 6.07) is 28.9. The van der Waals surface area contributed by atoms with E-state index in [0.29, 0.717) is 21.3 Å². The van der Waals surface area contributed by atoms with Crippen molar-refractivity contribution in [1.29, 1.82) is 0 Å². The first kappa shape index (κ1) is 26.3. The third kappa shape index (κ3) is 6.95. The van der Waals surface area contributed by atoms with Crippen LogP contribution < -0.4 is 15.5 Å². The normalized spacial score (nSPS) is 10.9. The molecule has 2 N–H and O–H groups in total. The zero-order valence-electron chi connectivity index (χ0n) is 20.5. The Hall–Kier alpha value is -4.34. The van der Waals surface area contributed by atoms with Gasteiger partial charge in [0.25, 0.3) is 5.91 Å². The topological polar surface area (TPSA) is 75.6 Å². The van der Waals surface area contributed by atoms with Crippen LogP contribution in [0.3, 0.4) is 0 Å². The van der Waals surface area contributed by atoms with Gasteiger partial charge in [0.1, 0.15) is 18.2 Å². The van der Waals surface area contributed by atoms with Crippen molar-refractivity contribution in [3.63, 3.8) is 0 Å². The van der Waals surface area contributed by atoms with E-state index in [0.717, 1.165) is 27.6 Å². The molecule has 0 unspecified atom stereocenters. The summed E-state index contributed by atoms with van der Waals surface area (Å²) in [6.07, 6.45) is 1.54. The summed E-state index contributed by atoms with van der Waals surface area (Å²) in [7, 11) is 0. The molecule has 0 radical (unpaired) electrons. The van der Waals surface area contributed by atoms with E-state index in [-0.39, 0.29) is 18.3 Å². The van der Waals surface area contributed by atoms with Crippen LogP contribution in [0.5, 0.6) is 5.75 Å². The maximum absolute atomic E-state index is 13.8. The van der Waals surface area contributed by atoms with Gasteiger partial charge in [-0.3, -0.25) is 4.79 Å². The number of ether oxygens (including phenoxy) is 1. The predicted molar refractivity (Wildman–Crippen MR) is 157 cm³/mol. The molecular formula is C30H22BrFN4O2S. The van der Waals surface area contributed by atoms with E-state index < -0.39 is 0 Å². The van der Waals surface area contributed by atoms with Gasteiger partial charge in [-0.05, 0) is 70.0 Å². The lowest BCUT2D eigenvalue weighted by atomic mass is 10.1. The van der Waals surface area contributed by atoms with Gasteiger partial charge in [-0.2, -0.15) is 5.10 Å². The smallest absolute Gasteiger partial charge is 0.271 e. The summed E-state index contributed by atoms with van der Waals surface area (Å²) in [5.41, 5.74) is 6.96. The number of halogens is 2. The summed E-state index contributed by atoms with van der Waals surface area (Å²) in [5, 5.41) is 10.1. The fourth-order valence-corrected chi connectivity index (χ4v) is 4.87. The highest BCUT2D eigenvalue weighted by Crippen LogP contribution is 2.28. The van der Waals surface area contributed by atoms with Gasteiger partial charge in [0.05, 0.1) is 16.4 Å². The number of para-hydroxylation sites is 1. The maximum Gasteiger partial charge on any atom is 0.271 e. The van der Waals surface area contributed by atoms with Crippen LogP contribution in [0, 0.1) is 5.82 Å². The Morgan fingerprint density at radius 1 is 1.00 bits per heavy atom. The molecule has 0 saturated heterocycles. The van der Waals surface area contributed by atoms with Crippen LogP contribution in [0.15, 0.2) is 112 Å². The Bertz CT molecular complexity index is 1610. The molecule has 9 heteroatoms. The van der Waals surface area contributed by atoms with Crippen LogP contribution >= 0.6 is 27.3 Å². The molecule has 39 heavy (non-hydrogen) atoms. The molecule has 1 aromatic heterocycles. The van der Waals surface area contributed by atoms with E-state index >= 15 is 0 Å². The number of carbonyl (C=O) groups is 1. The summed E-state index contributed by atoms with van der Waals surface area (Å²) >= 11 is 4.98. The van der Waals surface area contributed by atoms with Crippen LogP contribution in [-0.4, -0.2) is 17.1 Å². The van der Waals surface area contributed by atoms with Crippen LogP contribution in [0.2, 0.25) is 0 Å². The van der Waals surface area contributed by atoms with E-state index in [1.165, 1.54) is 23.6 Å². The number of hydrogen-bond acceptors (Lipinski definition) is 6. The molecule has 0 aliphatic rings. The monoisotopic (exact) mass is 600 g/mol. The summed E-state index contributed by atoms with van der Waals surface area (Å²) in [5.74, 6) is -0.0646. The molecule has 0 spiro atoms. The second-order valence-corrected chi connectivity index (χ2v) is 10.1. The second-order valence-electron chi connectivity index (χ2n) is 8.38. The first-order chi connectivity index (χ1) is 19.0. The molecule has 0 saturated carbocycles. The largest absolute Gasteiger partial charge is 0.488 e. The number of nitrogens with zero attached hydrogens (tertiary/aromatic N) is 2. The first-order valence-corrected chi connectivity index (χ1v) is 13.6. The quantitative estimate of drug-likeness (QED) is 0.134. The van der Waals surface area contributed by atoms with Crippen molar-refractivity contribution in [2.45, 2.75) is 6.61 Å². The van der Waals surface area contributed by atoms with Crippen molar-refractivity contribution in [3.8, 4) is 17.0 Å². The number of nitrogens with one attached hydrogen (secondary N) is 2. The first-order valence-electron chi connectivity index (χ1n) is 11.9.